The fourth-order valence-electron chi connectivity index (χ4n) is 2.05. The lowest BCUT2D eigenvalue weighted by atomic mass is 10.1. The number of nitrogens with two attached hydrogens (primary N) is 1. The largest absolute Gasteiger partial charge is 0.340 e. The third-order valence-electron chi connectivity index (χ3n) is 3.03. The molecule has 1 atom stereocenters. The van der Waals surface area contributed by atoms with E-state index in [1.807, 2.05) is 30.5 Å². The number of nitrogens with zero attached hydrogens (tertiary/aromatic N) is 1. The van der Waals surface area contributed by atoms with E-state index in [1.54, 1.807) is 11.3 Å². The van der Waals surface area contributed by atoms with Gasteiger partial charge in [-0.2, -0.15) is 0 Å². The van der Waals surface area contributed by atoms with Gasteiger partial charge in [-0.3, -0.25) is 0 Å². The summed E-state index contributed by atoms with van der Waals surface area (Å²) in [6.07, 6.45) is 2.64. The van der Waals surface area contributed by atoms with Crippen LogP contribution in [0.3, 0.4) is 0 Å². The van der Waals surface area contributed by atoms with Crippen LogP contribution < -0.4 is 5.73 Å². The van der Waals surface area contributed by atoms with Crippen LogP contribution in [0, 0.1) is 0 Å². The molecule has 2 heterocycles. The highest BCUT2D eigenvalue weighted by molar-refractivity contribution is 7.13. The van der Waals surface area contributed by atoms with Crippen LogP contribution in [0.25, 0.3) is 10.6 Å². The van der Waals surface area contributed by atoms with Crippen molar-refractivity contribution in [2.45, 2.75) is 12.5 Å². The maximum Gasteiger partial charge on any atom is 0.123 e. The Morgan fingerprint density at radius 3 is 2.74 bits per heavy atom. The number of H-pyrrole nitrogens is 1. The molecule has 3 aromatic rings. The number of benzene rings is 1. The van der Waals surface area contributed by atoms with Crippen LogP contribution >= 0.6 is 11.3 Å². The first-order chi connectivity index (χ1) is 9.33. The first-order valence-electron chi connectivity index (χ1n) is 6.21. The van der Waals surface area contributed by atoms with E-state index in [4.69, 9.17) is 5.73 Å². The summed E-state index contributed by atoms with van der Waals surface area (Å²) in [6.45, 7) is 0. The standard InChI is InChI=1S/C15H15N3S/c16-12(9-11-5-2-1-3-6-11)15-17-10-13(18-15)14-7-4-8-19-14/h1-8,10,12H,9,16H2,(H,17,18). The Labute approximate surface area is 116 Å². The van der Waals surface area contributed by atoms with E-state index in [9.17, 15) is 0 Å². The molecule has 3 N–H and O–H groups in total. The molecule has 19 heavy (non-hydrogen) atoms. The van der Waals surface area contributed by atoms with Crippen molar-refractivity contribution in [3.8, 4) is 10.6 Å². The van der Waals surface area contributed by atoms with Gasteiger partial charge in [-0.1, -0.05) is 36.4 Å². The normalized spacial score (nSPS) is 12.5. The van der Waals surface area contributed by atoms with Crippen molar-refractivity contribution in [3.63, 3.8) is 0 Å². The lowest BCUT2D eigenvalue weighted by molar-refractivity contribution is 0.678. The molecule has 0 aliphatic rings. The van der Waals surface area contributed by atoms with E-state index in [2.05, 4.69) is 33.5 Å². The minimum atomic E-state index is -0.101. The summed E-state index contributed by atoms with van der Waals surface area (Å²) in [7, 11) is 0. The highest BCUT2D eigenvalue weighted by Crippen LogP contribution is 2.24. The summed E-state index contributed by atoms with van der Waals surface area (Å²) >= 11 is 1.69. The van der Waals surface area contributed by atoms with Gasteiger partial charge in [0, 0.05) is 0 Å². The van der Waals surface area contributed by atoms with Crippen molar-refractivity contribution in [3.05, 3.63) is 65.4 Å². The molecule has 0 saturated carbocycles. The molecule has 3 rings (SSSR count). The van der Waals surface area contributed by atoms with E-state index in [0.29, 0.717) is 0 Å². The van der Waals surface area contributed by atoms with Crippen molar-refractivity contribution in [1.82, 2.24) is 9.97 Å². The summed E-state index contributed by atoms with van der Waals surface area (Å²) in [4.78, 5) is 8.89. The third kappa shape index (κ3) is 2.75. The SMILES string of the molecule is NC(Cc1ccccc1)c1ncc(-c2cccs2)[nH]1. The van der Waals surface area contributed by atoms with E-state index >= 15 is 0 Å². The van der Waals surface area contributed by atoms with Crippen molar-refractivity contribution in [2.75, 3.05) is 0 Å². The minimum absolute atomic E-state index is 0.101. The Hall–Kier alpha value is -1.91. The van der Waals surface area contributed by atoms with Gasteiger partial charge in [0.15, 0.2) is 0 Å². The van der Waals surface area contributed by atoms with Crippen molar-refractivity contribution >= 4 is 11.3 Å². The first-order valence-corrected chi connectivity index (χ1v) is 7.09. The molecule has 0 amide bonds. The van der Waals surface area contributed by atoms with Gasteiger partial charge in [-0.05, 0) is 23.4 Å². The van der Waals surface area contributed by atoms with E-state index in [0.717, 1.165) is 17.9 Å². The van der Waals surface area contributed by atoms with Gasteiger partial charge >= 0.3 is 0 Å². The van der Waals surface area contributed by atoms with Gasteiger partial charge in [0.05, 0.1) is 22.8 Å². The molecule has 0 fully saturated rings. The molecule has 96 valence electrons. The molecule has 2 aromatic heterocycles. The smallest absolute Gasteiger partial charge is 0.123 e. The van der Waals surface area contributed by atoms with Crippen LogP contribution in [0.15, 0.2) is 54.0 Å². The van der Waals surface area contributed by atoms with Crippen molar-refractivity contribution in [2.24, 2.45) is 5.73 Å². The van der Waals surface area contributed by atoms with Crippen LogP contribution in [0.2, 0.25) is 0 Å². The molecule has 0 saturated heterocycles. The van der Waals surface area contributed by atoms with E-state index in [1.165, 1.54) is 10.4 Å². The summed E-state index contributed by atoms with van der Waals surface area (Å²) < 4.78 is 0. The number of nitrogens with one attached hydrogen (secondary N) is 1. The van der Waals surface area contributed by atoms with Gasteiger partial charge < -0.3 is 10.7 Å². The first kappa shape index (κ1) is 12.1. The molecule has 1 unspecified atom stereocenters. The number of rotatable bonds is 4. The Morgan fingerprint density at radius 1 is 1.16 bits per heavy atom. The Balaban J connectivity index is 1.76. The second-order valence-corrected chi connectivity index (χ2v) is 5.40. The number of imidazole rings is 1. The zero-order valence-corrected chi connectivity index (χ0v) is 11.2. The fraction of sp³-hybridized carbons (Fsp3) is 0.133. The quantitative estimate of drug-likeness (QED) is 0.763. The van der Waals surface area contributed by atoms with Crippen molar-refractivity contribution < 1.29 is 0 Å². The minimum Gasteiger partial charge on any atom is -0.340 e. The van der Waals surface area contributed by atoms with Crippen LogP contribution in [-0.4, -0.2) is 9.97 Å². The molecule has 0 aliphatic carbocycles. The molecule has 0 aliphatic heterocycles. The molecule has 1 aromatic carbocycles. The summed E-state index contributed by atoms with van der Waals surface area (Å²) in [6, 6.07) is 14.2. The van der Waals surface area contributed by atoms with E-state index < -0.39 is 0 Å². The number of hydrogen-bond acceptors (Lipinski definition) is 3. The van der Waals surface area contributed by atoms with Gasteiger partial charge in [0.1, 0.15) is 5.82 Å². The van der Waals surface area contributed by atoms with Crippen LogP contribution in [0.1, 0.15) is 17.4 Å². The summed E-state index contributed by atoms with van der Waals surface area (Å²) in [5.74, 6) is 0.840. The predicted molar refractivity (Wildman–Crippen MR) is 79.0 cm³/mol. The lowest BCUT2D eigenvalue weighted by Gasteiger charge is -2.08. The number of aromatic amines is 1. The number of aromatic nitrogens is 2. The maximum absolute atomic E-state index is 6.20. The second-order valence-electron chi connectivity index (χ2n) is 4.46. The van der Waals surface area contributed by atoms with Gasteiger partial charge in [-0.25, -0.2) is 4.98 Å². The highest BCUT2D eigenvalue weighted by atomic mass is 32.1. The molecule has 3 nitrogen and oxygen atoms in total. The van der Waals surface area contributed by atoms with Crippen LogP contribution in [0.4, 0.5) is 0 Å². The Bertz CT molecular complexity index is 628. The zero-order chi connectivity index (χ0) is 13.1. The number of hydrogen-bond donors (Lipinski definition) is 2. The second kappa shape index (κ2) is 5.38. The molecule has 4 heteroatoms. The van der Waals surface area contributed by atoms with Gasteiger partial charge in [0.25, 0.3) is 0 Å². The predicted octanol–water partition coefficient (Wildman–Crippen LogP) is 3.38. The maximum atomic E-state index is 6.20. The molecule has 0 bridgehead atoms. The monoisotopic (exact) mass is 269 g/mol. The zero-order valence-electron chi connectivity index (χ0n) is 10.4. The molecular weight excluding hydrogens is 254 g/mol. The molecule has 0 spiro atoms. The van der Waals surface area contributed by atoms with Gasteiger partial charge in [-0.15, -0.1) is 11.3 Å². The van der Waals surface area contributed by atoms with Crippen LogP contribution in [-0.2, 0) is 6.42 Å². The van der Waals surface area contributed by atoms with Crippen molar-refractivity contribution in [1.29, 1.82) is 0 Å². The van der Waals surface area contributed by atoms with E-state index in [-0.39, 0.29) is 6.04 Å². The molecule has 0 radical (unpaired) electrons. The average molecular weight is 269 g/mol. The summed E-state index contributed by atoms with van der Waals surface area (Å²) in [5, 5.41) is 2.06. The average Bonchev–Trinajstić information content (AvgIpc) is 3.11. The highest BCUT2D eigenvalue weighted by Gasteiger charge is 2.12. The topological polar surface area (TPSA) is 54.7 Å². The summed E-state index contributed by atoms with van der Waals surface area (Å²) in [5.41, 5.74) is 8.47. The third-order valence-corrected chi connectivity index (χ3v) is 3.93. The fourth-order valence-corrected chi connectivity index (χ4v) is 2.74. The molecular formula is C15H15N3S. The Morgan fingerprint density at radius 2 is 2.00 bits per heavy atom. The van der Waals surface area contributed by atoms with Gasteiger partial charge in [0.2, 0.25) is 0 Å². The number of thiophene rings is 1. The Kier molecular flexibility index (Phi) is 3.44. The van der Waals surface area contributed by atoms with Crippen LogP contribution in [0.5, 0.6) is 0 Å². The lowest BCUT2D eigenvalue weighted by Crippen LogP contribution is -2.14.